The number of sulfonamides is 1. The van der Waals surface area contributed by atoms with Crippen LogP contribution in [0.3, 0.4) is 0 Å². The van der Waals surface area contributed by atoms with Gasteiger partial charge in [-0.2, -0.15) is 0 Å². The molecule has 26 heavy (non-hydrogen) atoms. The molecule has 1 N–H and O–H groups in total. The number of halogens is 2. The van der Waals surface area contributed by atoms with Gasteiger partial charge >= 0.3 is 0 Å². The van der Waals surface area contributed by atoms with Gasteiger partial charge < -0.3 is 9.64 Å². The van der Waals surface area contributed by atoms with E-state index in [1.54, 1.807) is 23.1 Å². The highest BCUT2D eigenvalue weighted by Gasteiger charge is 2.23. The summed E-state index contributed by atoms with van der Waals surface area (Å²) in [6, 6.07) is 10.5. The summed E-state index contributed by atoms with van der Waals surface area (Å²) in [5.41, 5.74) is 0.464. The first-order chi connectivity index (χ1) is 12.4. The molecule has 0 unspecified atom stereocenters. The monoisotopic (exact) mass is 414 g/mol. The molecule has 0 aliphatic carbocycles. The van der Waals surface area contributed by atoms with E-state index in [9.17, 15) is 13.2 Å². The lowest BCUT2D eigenvalue weighted by Crippen LogP contribution is -2.41. The molecule has 0 aromatic heterocycles. The molecular weight excluding hydrogens is 399 g/mol. The Kier molecular flexibility index (Phi) is 5.72. The number of para-hydroxylation sites is 1. The van der Waals surface area contributed by atoms with Gasteiger partial charge in [-0.3, -0.25) is 9.52 Å². The van der Waals surface area contributed by atoms with Crippen LogP contribution >= 0.6 is 23.2 Å². The lowest BCUT2D eigenvalue weighted by molar-refractivity contribution is 0.0303. The van der Waals surface area contributed by atoms with Crippen LogP contribution in [0.2, 0.25) is 10.0 Å². The summed E-state index contributed by atoms with van der Waals surface area (Å²) in [7, 11) is -3.96. The average Bonchev–Trinajstić information content (AvgIpc) is 2.61. The first-order valence-corrected chi connectivity index (χ1v) is 10.1. The van der Waals surface area contributed by atoms with E-state index in [1.165, 1.54) is 24.3 Å². The molecule has 3 rings (SSSR count). The van der Waals surface area contributed by atoms with Crippen LogP contribution in [0, 0.1) is 0 Å². The van der Waals surface area contributed by atoms with Gasteiger partial charge in [0.25, 0.3) is 15.9 Å². The molecule has 138 valence electrons. The fraction of sp³-hybridized carbons (Fsp3) is 0.235. The van der Waals surface area contributed by atoms with E-state index in [1.807, 2.05) is 0 Å². The van der Waals surface area contributed by atoms with Crippen molar-refractivity contribution in [2.45, 2.75) is 4.90 Å². The zero-order valence-electron chi connectivity index (χ0n) is 13.6. The second-order valence-electron chi connectivity index (χ2n) is 5.66. The number of nitrogens with zero attached hydrogens (tertiary/aromatic N) is 1. The molecule has 1 aliphatic rings. The Hall–Kier alpha value is -1.80. The summed E-state index contributed by atoms with van der Waals surface area (Å²) < 4.78 is 33.1. The number of rotatable bonds is 4. The normalized spacial score (nSPS) is 14.9. The maximum Gasteiger partial charge on any atom is 0.262 e. The van der Waals surface area contributed by atoms with E-state index < -0.39 is 10.0 Å². The van der Waals surface area contributed by atoms with E-state index in [2.05, 4.69) is 4.72 Å². The number of benzene rings is 2. The van der Waals surface area contributed by atoms with Crippen LogP contribution in [0.15, 0.2) is 47.4 Å². The molecule has 2 aromatic rings. The van der Waals surface area contributed by atoms with Gasteiger partial charge in [-0.1, -0.05) is 35.3 Å². The molecule has 0 spiro atoms. The van der Waals surface area contributed by atoms with Crippen molar-refractivity contribution >= 4 is 44.8 Å². The Bertz CT molecular complexity index is 908. The molecule has 0 radical (unpaired) electrons. The number of hydrogen-bond acceptors (Lipinski definition) is 4. The smallest absolute Gasteiger partial charge is 0.262 e. The zero-order chi connectivity index (χ0) is 18.7. The van der Waals surface area contributed by atoms with Crippen molar-refractivity contribution < 1.29 is 17.9 Å². The van der Waals surface area contributed by atoms with Crippen LogP contribution in [0.4, 0.5) is 5.69 Å². The van der Waals surface area contributed by atoms with Crippen LogP contribution in [-0.4, -0.2) is 45.5 Å². The Balaban J connectivity index is 1.91. The number of hydrogen-bond donors (Lipinski definition) is 1. The number of morpholine rings is 1. The van der Waals surface area contributed by atoms with Gasteiger partial charge in [-0.25, -0.2) is 8.42 Å². The Labute approximate surface area is 161 Å². The summed E-state index contributed by atoms with van der Waals surface area (Å²) >= 11 is 11.8. The molecule has 1 aliphatic heterocycles. The van der Waals surface area contributed by atoms with E-state index >= 15 is 0 Å². The Morgan fingerprint density at radius 2 is 1.65 bits per heavy atom. The Morgan fingerprint density at radius 1 is 1.04 bits per heavy atom. The summed E-state index contributed by atoms with van der Waals surface area (Å²) in [6.07, 6.45) is 0. The second kappa shape index (κ2) is 7.84. The van der Waals surface area contributed by atoms with Crippen molar-refractivity contribution in [1.29, 1.82) is 0 Å². The highest BCUT2D eigenvalue weighted by Crippen LogP contribution is 2.26. The lowest BCUT2D eigenvalue weighted by Gasteiger charge is -2.27. The first-order valence-electron chi connectivity index (χ1n) is 7.82. The van der Waals surface area contributed by atoms with Crippen molar-refractivity contribution in [1.82, 2.24) is 4.90 Å². The van der Waals surface area contributed by atoms with Crippen LogP contribution in [0.5, 0.6) is 0 Å². The average molecular weight is 415 g/mol. The summed E-state index contributed by atoms with van der Waals surface area (Å²) in [6.45, 7) is 1.84. The zero-order valence-corrected chi connectivity index (χ0v) is 15.9. The molecule has 0 bridgehead atoms. The number of carbonyl (C=O) groups excluding carboxylic acids is 1. The van der Waals surface area contributed by atoms with Crippen molar-refractivity contribution in [3.8, 4) is 0 Å². The summed E-state index contributed by atoms with van der Waals surface area (Å²) in [4.78, 5) is 14.3. The molecule has 1 saturated heterocycles. The van der Waals surface area contributed by atoms with Gasteiger partial charge in [-0.05, 0) is 30.3 Å². The lowest BCUT2D eigenvalue weighted by atomic mass is 10.1. The van der Waals surface area contributed by atoms with E-state index in [4.69, 9.17) is 27.9 Å². The number of carbonyl (C=O) groups is 1. The van der Waals surface area contributed by atoms with Crippen molar-refractivity contribution in [3.63, 3.8) is 0 Å². The van der Waals surface area contributed by atoms with Crippen molar-refractivity contribution in [2.24, 2.45) is 0 Å². The Morgan fingerprint density at radius 3 is 2.31 bits per heavy atom. The van der Waals surface area contributed by atoms with Gasteiger partial charge in [0.2, 0.25) is 0 Å². The minimum Gasteiger partial charge on any atom is -0.378 e. The standard InChI is InChI=1S/C17H16Cl2N2O4S/c18-12-9-13(19)11-14(10-12)26(23,24)20-16-4-2-1-3-15(16)17(22)21-5-7-25-8-6-21/h1-4,9-11,20H,5-8H2. The van der Waals surface area contributed by atoms with Crippen molar-refractivity contribution in [2.75, 3.05) is 31.0 Å². The van der Waals surface area contributed by atoms with E-state index in [0.717, 1.165) is 0 Å². The van der Waals surface area contributed by atoms with Crippen LogP contribution in [0.25, 0.3) is 0 Å². The maximum absolute atomic E-state index is 12.7. The molecule has 1 fully saturated rings. The molecule has 2 aromatic carbocycles. The predicted molar refractivity (Wildman–Crippen MR) is 100 cm³/mol. The highest BCUT2D eigenvalue weighted by molar-refractivity contribution is 7.92. The van der Waals surface area contributed by atoms with Crippen LogP contribution in [-0.2, 0) is 14.8 Å². The first kappa shape index (κ1) is 19.0. The minimum atomic E-state index is -3.96. The molecule has 0 saturated carbocycles. The van der Waals surface area contributed by atoms with Gasteiger partial charge in [0.1, 0.15) is 0 Å². The van der Waals surface area contributed by atoms with E-state index in [0.29, 0.717) is 26.3 Å². The third kappa shape index (κ3) is 4.29. The van der Waals surface area contributed by atoms with Gasteiger partial charge in [0.15, 0.2) is 0 Å². The molecule has 1 heterocycles. The fourth-order valence-electron chi connectivity index (χ4n) is 2.58. The molecule has 1 amide bonds. The number of anilines is 1. The maximum atomic E-state index is 12.7. The van der Waals surface area contributed by atoms with Crippen LogP contribution < -0.4 is 4.72 Å². The minimum absolute atomic E-state index is 0.0800. The van der Waals surface area contributed by atoms with Gasteiger partial charge in [-0.15, -0.1) is 0 Å². The predicted octanol–water partition coefficient (Wildman–Crippen LogP) is 3.27. The number of amides is 1. The molecular formula is C17H16Cl2N2O4S. The van der Waals surface area contributed by atoms with Gasteiger partial charge in [0, 0.05) is 23.1 Å². The van der Waals surface area contributed by atoms with Crippen LogP contribution in [0.1, 0.15) is 10.4 Å². The summed E-state index contributed by atoms with van der Waals surface area (Å²) in [5, 5.41) is 0.408. The van der Waals surface area contributed by atoms with Crippen molar-refractivity contribution in [3.05, 3.63) is 58.1 Å². The topological polar surface area (TPSA) is 75.7 Å². The molecule has 0 atom stereocenters. The number of ether oxygens (including phenoxy) is 1. The third-order valence-corrected chi connectivity index (χ3v) is 5.63. The van der Waals surface area contributed by atoms with Gasteiger partial charge in [0.05, 0.1) is 29.4 Å². The van der Waals surface area contributed by atoms with E-state index in [-0.39, 0.29) is 32.1 Å². The largest absolute Gasteiger partial charge is 0.378 e. The molecule has 9 heteroatoms. The SMILES string of the molecule is O=C(c1ccccc1NS(=O)(=O)c1cc(Cl)cc(Cl)c1)N1CCOCC1. The molecule has 6 nitrogen and oxygen atoms in total. The summed E-state index contributed by atoms with van der Waals surface area (Å²) in [5.74, 6) is -0.254. The number of nitrogens with one attached hydrogen (secondary N) is 1. The third-order valence-electron chi connectivity index (χ3n) is 3.85. The highest BCUT2D eigenvalue weighted by atomic mass is 35.5. The second-order valence-corrected chi connectivity index (χ2v) is 8.22. The fourth-order valence-corrected chi connectivity index (χ4v) is 4.39. The quantitative estimate of drug-likeness (QED) is 0.832.